The summed E-state index contributed by atoms with van der Waals surface area (Å²) < 4.78 is 12.5. The molecule has 4 aromatic rings. The number of aliphatic hydroxyl groups excluding tert-OH is 1. The summed E-state index contributed by atoms with van der Waals surface area (Å²) in [5.41, 5.74) is 1.75. The number of nitrogens with one attached hydrogen (secondary N) is 1. The maximum absolute atomic E-state index is 12.7. The summed E-state index contributed by atoms with van der Waals surface area (Å²) in [6.45, 7) is 1.78. The number of aliphatic hydroxyl groups is 1. The summed E-state index contributed by atoms with van der Waals surface area (Å²) in [6, 6.07) is 12.4. The lowest BCUT2D eigenvalue weighted by atomic mass is 10.1. The van der Waals surface area contributed by atoms with E-state index in [4.69, 9.17) is 13.9 Å². The number of rotatable bonds is 8. The lowest BCUT2D eigenvalue weighted by Crippen LogP contribution is -2.14. The van der Waals surface area contributed by atoms with Crippen LogP contribution in [0.1, 0.15) is 39.3 Å². The van der Waals surface area contributed by atoms with Crippen LogP contribution in [0.4, 0.5) is 5.82 Å². The molecule has 0 bridgehead atoms. The number of Topliss-reactive ketones (excluding diaryl/α,β-unsaturated/α-hetero) is 1. The Bertz CT molecular complexity index is 1220. The van der Waals surface area contributed by atoms with E-state index < -0.39 is 5.91 Å². The first-order chi connectivity index (χ1) is 15.0. The van der Waals surface area contributed by atoms with Gasteiger partial charge >= 0.3 is 0 Å². The van der Waals surface area contributed by atoms with Crippen LogP contribution < -0.4 is 5.32 Å². The van der Waals surface area contributed by atoms with Crippen LogP contribution >= 0.6 is 0 Å². The lowest BCUT2D eigenvalue weighted by molar-refractivity contribution is 0.0983. The number of amides is 1. The number of hydrogen-bond donors (Lipinski definition) is 2. The fourth-order valence-electron chi connectivity index (χ4n) is 3.11. The zero-order valence-corrected chi connectivity index (χ0v) is 16.7. The van der Waals surface area contributed by atoms with E-state index in [0.29, 0.717) is 35.9 Å². The topological polar surface area (TPSA) is 123 Å². The maximum Gasteiger partial charge on any atom is 0.279 e. The van der Waals surface area contributed by atoms with E-state index >= 15 is 0 Å². The van der Waals surface area contributed by atoms with Gasteiger partial charge in [0.15, 0.2) is 35.2 Å². The number of ketones is 1. The average molecular weight is 420 g/mol. The van der Waals surface area contributed by atoms with Crippen LogP contribution in [0.25, 0.3) is 11.3 Å². The molecule has 0 aliphatic rings. The van der Waals surface area contributed by atoms with Crippen LogP contribution in [-0.2, 0) is 13.0 Å². The molecular formula is C22H20N4O5. The van der Waals surface area contributed by atoms with E-state index in [-0.39, 0.29) is 23.8 Å². The molecule has 0 saturated heterocycles. The average Bonchev–Trinajstić information content (AvgIpc) is 3.49. The number of carbonyl (C=O) groups excluding carboxylic acids is 2. The Morgan fingerprint density at radius 2 is 2.06 bits per heavy atom. The van der Waals surface area contributed by atoms with Crippen LogP contribution in [0.5, 0.6) is 0 Å². The lowest BCUT2D eigenvalue weighted by Gasteiger charge is -2.04. The Labute approximate surface area is 177 Å². The zero-order chi connectivity index (χ0) is 21.8. The van der Waals surface area contributed by atoms with Crippen molar-refractivity contribution >= 4 is 17.5 Å². The second-order valence-corrected chi connectivity index (χ2v) is 6.88. The third kappa shape index (κ3) is 4.62. The van der Waals surface area contributed by atoms with Crippen LogP contribution in [0.3, 0.4) is 0 Å². The smallest absolute Gasteiger partial charge is 0.279 e. The van der Waals surface area contributed by atoms with Crippen LogP contribution in [-0.4, -0.2) is 38.2 Å². The van der Waals surface area contributed by atoms with Gasteiger partial charge in [-0.3, -0.25) is 14.3 Å². The predicted octanol–water partition coefficient (Wildman–Crippen LogP) is 3.17. The van der Waals surface area contributed by atoms with E-state index in [9.17, 15) is 9.59 Å². The molecule has 0 radical (unpaired) electrons. The normalized spacial score (nSPS) is 10.9. The van der Waals surface area contributed by atoms with Crippen molar-refractivity contribution < 1.29 is 23.5 Å². The van der Waals surface area contributed by atoms with Gasteiger partial charge in [0, 0.05) is 31.4 Å². The third-order valence-electron chi connectivity index (χ3n) is 4.58. The molecule has 4 rings (SSSR count). The van der Waals surface area contributed by atoms with Crippen LogP contribution in [0.2, 0.25) is 0 Å². The Morgan fingerprint density at radius 3 is 2.84 bits per heavy atom. The minimum Gasteiger partial charge on any atom is -0.456 e. The second-order valence-electron chi connectivity index (χ2n) is 6.88. The maximum atomic E-state index is 12.7. The molecule has 0 spiro atoms. The van der Waals surface area contributed by atoms with Crippen LogP contribution in [0.15, 0.2) is 63.9 Å². The highest BCUT2D eigenvalue weighted by atomic mass is 16.4. The minimum absolute atomic E-state index is 0.0317. The molecule has 0 fully saturated rings. The Hall–Kier alpha value is -3.98. The van der Waals surface area contributed by atoms with E-state index in [1.165, 1.54) is 13.3 Å². The van der Waals surface area contributed by atoms with Gasteiger partial charge in [0.2, 0.25) is 0 Å². The van der Waals surface area contributed by atoms with Gasteiger partial charge in [-0.05, 0) is 30.2 Å². The molecular weight excluding hydrogens is 400 g/mol. The highest BCUT2D eigenvalue weighted by Crippen LogP contribution is 2.25. The summed E-state index contributed by atoms with van der Waals surface area (Å²) >= 11 is 0. The Kier molecular flexibility index (Phi) is 5.76. The molecule has 3 aromatic heterocycles. The Morgan fingerprint density at radius 1 is 1.19 bits per heavy atom. The first-order valence-corrected chi connectivity index (χ1v) is 9.61. The van der Waals surface area contributed by atoms with Crippen molar-refractivity contribution in [2.75, 3.05) is 11.9 Å². The number of nitrogens with zero attached hydrogens (tertiary/aromatic N) is 3. The number of oxazole rings is 1. The first-order valence-electron chi connectivity index (χ1n) is 9.61. The summed E-state index contributed by atoms with van der Waals surface area (Å²) in [4.78, 5) is 28.1. The highest BCUT2D eigenvalue weighted by molar-refractivity contribution is 6.05. The number of hydrogen-bond acceptors (Lipinski definition) is 7. The molecule has 2 N–H and O–H groups in total. The van der Waals surface area contributed by atoms with Gasteiger partial charge in [0.05, 0.1) is 6.54 Å². The van der Waals surface area contributed by atoms with Gasteiger partial charge in [-0.15, -0.1) is 0 Å². The molecule has 0 saturated carbocycles. The van der Waals surface area contributed by atoms with Gasteiger partial charge in [-0.25, -0.2) is 4.98 Å². The van der Waals surface area contributed by atoms with Gasteiger partial charge in [0.1, 0.15) is 5.76 Å². The number of benzene rings is 1. The summed E-state index contributed by atoms with van der Waals surface area (Å²) in [7, 11) is 0. The highest BCUT2D eigenvalue weighted by Gasteiger charge is 2.19. The predicted molar refractivity (Wildman–Crippen MR) is 111 cm³/mol. The Balaban J connectivity index is 1.47. The van der Waals surface area contributed by atoms with Gasteiger partial charge in [-0.2, -0.15) is 5.10 Å². The molecule has 1 aromatic carbocycles. The summed E-state index contributed by atoms with van der Waals surface area (Å²) in [5, 5.41) is 16.1. The van der Waals surface area contributed by atoms with E-state index in [0.717, 1.165) is 5.56 Å². The van der Waals surface area contributed by atoms with Crippen molar-refractivity contribution in [1.82, 2.24) is 14.8 Å². The number of anilines is 1. The van der Waals surface area contributed by atoms with Gasteiger partial charge in [0.25, 0.3) is 5.91 Å². The van der Waals surface area contributed by atoms with E-state index in [1.54, 1.807) is 29.1 Å². The van der Waals surface area contributed by atoms with E-state index in [2.05, 4.69) is 15.4 Å². The largest absolute Gasteiger partial charge is 0.456 e. The molecule has 0 aliphatic heterocycles. The van der Waals surface area contributed by atoms with Crippen molar-refractivity contribution in [3.05, 3.63) is 77.8 Å². The van der Waals surface area contributed by atoms with Crippen molar-refractivity contribution in [3.8, 4) is 11.3 Å². The standard InChI is InChI=1S/C22H20N4O5/c1-14(28)18-6-5-17(31-18)12-26-9-7-19(25-26)24-22(29)20-21(30-13-23-20)16-4-2-3-15(11-16)8-10-27/h2-7,9,11,13,27H,8,10,12H2,1H3,(H,24,25,29). The number of carbonyl (C=O) groups is 2. The molecule has 3 heterocycles. The molecule has 31 heavy (non-hydrogen) atoms. The minimum atomic E-state index is -0.460. The molecule has 0 aliphatic carbocycles. The fraction of sp³-hybridized carbons (Fsp3) is 0.182. The summed E-state index contributed by atoms with van der Waals surface area (Å²) in [5.74, 6) is 0.934. The molecule has 9 heteroatoms. The molecule has 0 unspecified atom stereocenters. The quantitative estimate of drug-likeness (QED) is 0.420. The van der Waals surface area contributed by atoms with Gasteiger partial charge in [-0.1, -0.05) is 18.2 Å². The molecule has 0 atom stereocenters. The number of aromatic nitrogens is 3. The van der Waals surface area contributed by atoms with Crippen LogP contribution in [0, 0.1) is 0 Å². The number of furan rings is 1. The zero-order valence-electron chi connectivity index (χ0n) is 16.7. The van der Waals surface area contributed by atoms with Crippen molar-refractivity contribution in [1.29, 1.82) is 0 Å². The first kappa shape index (κ1) is 20.3. The van der Waals surface area contributed by atoms with Crippen molar-refractivity contribution in [2.24, 2.45) is 0 Å². The monoisotopic (exact) mass is 420 g/mol. The van der Waals surface area contributed by atoms with E-state index in [1.807, 2.05) is 24.3 Å². The molecule has 158 valence electrons. The third-order valence-corrected chi connectivity index (χ3v) is 4.58. The summed E-state index contributed by atoms with van der Waals surface area (Å²) in [6.07, 6.45) is 3.41. The van der Waals surface area contributed by atoms with Gasteiger partial charge < -0.3 is 19.3 Å². The van der Waals surface area contributed by atoms with Crippen molar-refractivity contribution in [3.63, 3.8) is 0 Å². The molecule has 1 amide bonds. The fourth-order valence-corrected chi connectivity index (χ4v) is 3.11. The second kappa shape index (κ2) is 8.80. The SMILES string of the molecule is CC(=O)c1ccc(Cn2ccc(NC(=O)c3ncoc3-c3cccc(CCO)c3)n2)o1. The van der Waals surface area contributed by atoms with Crippen molar-refractivity contribution in [2.45, 2.75) is 19.9 Å². The molecule has 9 nitrogen and oxygen atoms in total.